The molecule has 0 saturated carbocycles. The van der Waals surface area contributed by atoms with Gasteiger partial charge in [-0.1, -0.05) is 23.9 Å². The molecule has 0 spiro atoms. The molecule has 1 aliphatic heterocycles. The molecule has 4 nitrogen and oxygen atoms in total. The smallest absolute Gasteiger partial charge is 0.321 e. The van der Waals surface area contributed by atoms with Crippen molar-refractivity contribution in [2.45, 2.75) is 29.2 Å². The molecule has 1 heterocycles. The second-order valence-electron chi connectivity index (χ2n) is 5.54. The van der Waals surface area contributed by atoms with E-state index in [1.165, 1.54) is 0 Å². The first-order valence-corrected chi connectivity index (χ1v) is 8.98. The summed E-state index contributed by atoms with van der Waals surface area (Å²) in [4.78, 5) is 14.2. The van der Waals surface area contributed by atoms with Crippen LogP contribution in [-0.4, -0.2) is 44.5 Å². The van der Waals surface area contributed by atoms with Crippen molar-refractivity contribution < 1.29 is 17.8 Å². The first-order chi connectivity index (χ1) is 10.3. The molecule has 1 saturated heterocycles. The quantitative estimate of drug-likeness (QED) is 0.852. The van der Waals surface area contributed by atoms with Crippen molar-refractivity contribution in [3.05, 3.63) is 24.3 Å². The van der Waals surface area contributed by atoms with Gasteiger partial charge in [0.1, 0.15) is 0 Å². The van der Waals surface area contributed by atoms with Gasteiger partial charge >= 0.3 is 6.03 Å². The van der Waals surface area contributed by atoms with Crippen LogP contribution in [0.1, 0.15) is 13.8 Å². The Hall–Kier alpha value is -1.15. The van der Waals surface area contributed by atoms with E-state index >= 15 is 0 Å². The number of thioether (sulfide) groups is 1. The van der Waals surface area contributed by atoms with E-state index in [4.69, 9.17) is 0 Å². The molecule has 122 valence electrons. The van der Waals surface area contributed by atoms with Crippen LogP contribution in [0.15, 0.2) is 29.2 Å². The molecule has 0 aliphatic carbocycles. The van der Waals surface area contributed by atoms with Crippen molar-refractivity contribution in [2.24, 2.45) is 0 Å². The highest BCUT2D eigenvalue weighted by atomic mass is 32.2. The Labute approximate surface area is 135 Å². The zero-order chi connectivity index (χ0) is 16.3. The fourth-order valence-electron chi connectivity index (χ4n) is 2.22. The lowest BCUT2D eigenvalue weighted by Gasteiger charge is -2.37. The Morgan fingerprint density at radius 3 is 2.73 bits per heavy atom. The third-order valence-corrected chi connectivity index (χ3v) is 6.07. The van der Waals surface area contributed by atoms with Crippen LogP contribution in [0.2, 0.25) is 0 Å². The second kappa shape index (κ2) is 6.95. The number of nitrogens with one attached hydrogen (secondary N) is 1. The van der Waals surface area contributed by atoms with Crippen LogP contribution in [0.25, 0.3) is 0 Å². The molecule has 1 unspecified atom stereocenters. The predicted molar refractivity (Wildman–Crippen MR) is 86.0 cm³/mol. The molecule has 2 rings (SSSR count). The average molecular weight is 348 g/mol. The Morgan fingerprint density at radius 1 is 1.41 bits per heavy atom. The topological polar surface area (TPSA) is 49.4 Å². The second-order valence-corrected chi connectivity index (χ2v) is 8.77. The van der Waals surface area contributed by atoms with Crippen molar-refractivity contribution in [3.63, 3.8) is 0 Å². The molecule has 0 radical (unpaired) electrons. The van der Waals surface area contributed by atoms with Crippen molar-refractivity contribution in [2.75, 3.05) is 24.2 Å². The maximum absolute atomic E-state index is 12.5. The van der Waals surface area contributed by atoms with Gasteiger partial charge < -0.3 is 10.2 Å². The number of hydrogen-bond donors (Lipinski definition) is 1. The van der Waals surface area contributed by atoms with E-state index in [1.54, 1.807) is 29.2 Å². The lowest BCUT2D eigenvalue weighted by Crippen LogP contribution is -2.53. The Bertz CT molecular complexity index is 582. The first kappa shape index (κ1) is 17.2. The van der Waals surface area contributed by atoms with Gasteiger partial charge in [-0.25, -0.2) is 4.79 Å². The Morgan fingerprint density at radius 2 is 2.09 bits per heavy atom. The summed E-state index contributed by atoms with van der Waals surface area (Å²) in [6, 6.07) is 6.11. The molecule has 0 bridgehead atoms. The van der Waals surface area contributed by atoms with Crippen molar-refractivity contribution >= 4 is 34.3 Å². The minimum atomic E-state index is -2.55. The summed E-state index contributed by atoms with van der Waals surface area (Å²) in [6.45, 7) is 4.47. The minimum absolute atomic E-state index is 0.325. The highest BCUT2D eigenvalue weighted by Crippen LogP contribution is 2.32. The van der Waals surface area contributed by atoms with Crippen molar-refractivity contribution in [3.8, 4) is 0 Å². The number of para-hydroxylation sites is 1. The fourth-order valence-corrected chi connectivity index (χ4v) is 4.05. The number of benzene rings is 1. The number of carbonyl (C=O) groups is 1. The normalized spacial score (nSPS) is 21.0. The van der Waals surface area contributed by atoms with Gasteiger partial charge in [-0.15, -0.1) is 0 Å². The molecular formula is C14H18F2N2O2S2. The van der Waals surface area contributed by atoms with Gasteiger partial charge in [0.2, 0.25) is 0 Å². The third-order valence-electron chi connectivity index (χ3n) is 3.37. The van der Waals surface area contributed by atoms with Crippen LogP contribution >= 0.6 is 11.8 Å². The Balaban J connectivity index is 2.08. The van der Waals surface area contributed by atoms with Gasteiger partial charge in [-0.05, 0) is 26.0 Å². The molecule has 22 heavy (non-hydrogen) atoms. The molecule has 2 amide bonds. The van der Waals surface area contributed by atoms with Crippen LogP contribution in [0.3, 0.4) is 0 Å². The highest BCUT2D eigenvalue weighted by molar-refractivity contribution is 7.99. The molecular weight excluding hydrogens is 330 g/mol. The number of hydrogen-bond acceptors (Lipinski definition) is 3. The molecule has 1 aromatic carbocycles. The van der Waals surface area contributed by atoms with E-state index in [-0.39, 0.29) is 6.03 Å². The Kier molecular flexibility index (Phi) is 5.44. The zero-order valence-corrected chi connectivity index (χ0v) is 14.0. The van der Waals surface area contributed by atoms with E-state index in [0.29, 0.717) is 41.2 Å². The van der Waals surface area contributed by atoms with Crippen LogP contribution in [-0.2, 0) is 10.8 Å². The summed E-state index contributed by atoms with van der Waals surface area (Å²) in [6.07, 6.45) is 0. The predicted octanol–water partition coefficient (Wildman–Crippen LogP) is 3.38. The number of nitrogens with zero attached hydrogens (tertiary/aromatic N) is 1. The summed E-state index contributed by atoms with van der Waals surface area (Å²) < 4.78 is 36.5. The number of amides is 2. The molecule has 1 aromatic rings. The van der Waals surface area contributed by atoms with E-state index in [2.05, 4.69) is 5.32 Å². The van der Waals surface area contributed by atoms with Crippen LogP contribution in [0.5, 0.6) is 0 Å². The fraction of sp³-hybridized carbons (Fsp3) is 0.500. The summed E-state index contributed by atoms with van der Waals surface area (Å²) in [5, 5.41) is 2.67. The van der Waals surface area contributed by atoms with Gasteiger partial charge in [0.05, 0.1) is 10.4 Å². The SMILES string of the molecule is CC1(C)CN(C(=O)Nc2ccccc2SC(F)F)CCS1=O. The number of rotatable bonds is 3. The van der Waals surface area contributed by atoms with Crippen LogP contribution in [0, 0.1) is 0 Å². The van der Waals surface area contributed by atoms with Crippen molar-refractivity contribution in [1.29, 1.82) is 0 Å². The monoisotopic (exact) mass is 348 g/mol. The summed E-state index contributed by atoms with van der Waals surface area (Å²) in [5.41, 5.74) is 0.363. The average Bonchev–Trinajstić information content (AvgIpc) is 2.43. The molecule has 1 fully saturated rings. The molecule has 1 atom stereocenters. The van der Waals surface area contributed by atoms with Gasteiger partial charge in [0.25, 0.3) is 5.76 Å². The number of carbonyl (C=O) groups excluding carboxylic acids is 1. The number of anilines is 1. The standard InChI is InChI=1S/C14H18F2N2O2S2/c1-14(2)9-18(7-8-22(14)20)13(19)17-10-5-3-4-6-11(10)21-12(15)16/h3-6,12H,7-9H2,1-2H3,(H,17,19). The van der Waals surface area contributed by atoms with Gasteiger partial charge in [0, 0.05) is 34.5 Å². The van der Waals surface area contributed by atoms with E-state index in [9.17, 15) is 17.8 Å². The van der Waals surface area contributed by atoms with Gasteiger partial charge in [0.15, 0.2) is 0 Å². The van der Waals surface area contributed by atoms with E-state index < -0.39 is 21.3 Å². The zero-order valence-electron chi connectivity index (χ0n) is 12.3. The van der Waals surface area contributed by atoms with Gasteiger partial charge in [-0.2, -0.15) is 8.78 Å². The first-order valence-electron chi connectivity index (χ1n) is 6.78. The molecule has 1 N–H and O–H groups in total. The van der Waals surface area contributed by atoms with Gasteiger partial charge in [-0.3, -0.25) is 4.21 Å². The summed E-state index contributed by atoms with van der Waals surface area (Å²) in [7, 11) is -0.971. The number of urea groups is 1. The van der Waals surface area contributed by atoms with Crippen LogP contribution < -0.4 is 5.32 Å². The molecule has 1 aliphatic rings. The number of alkyl halides is 2. The molecule has 0 aromatic heterocycles. The summed E-state index contributed by atoms with van der Waals surface area (Å²) in [5.74, 6) is -2.12. The lowest BCUT2D eigenvalue weighted by atomic mass is 10.2. The maximum atomic E-state index is 12.5. The van der Waals surface area contributed by atoms with Crippen LogP contribution in [0.4, 0.5) is 19.3 Å². The summed E-state index contributed by atoms with van der Waals surface area (Å²) >= 11 is 0.399. The number of halogens is 2. The lowest BCUT2D eigenvalue weighted by molar-refractivity contribution is 0.207. The molecule has 8 heteroatoms. The van der Waals surface area contributed by atoms with E-state index in [1.807, 2.05) is 13.8 Å². The van der Waals surface area contributed by atoms with E-state index in [0.717, 1.165) is 0 Å². The van der Waals surface area contributed by atoms with Crippen molar-refractivity contribution in [1.82, 2.24) is 4.90 Å². The largest absolute Gasteiger partial charge is 0.322 e. The third kappa shape index (κ3) is 4.19. The minimum Gasteiger partial charge on any atom is -0.322 e. The maximum Gasteiger partial charge on any atom is 0.321 e. The highest BCUT2D eigenvalue weighted by Gasteiger charge is 2.35.